The van der Waals surface area contributed by atoms with E-state index >= 15 is 0 Å². The Balaban J connectivity index is 1.74. The summed E-state index contributed by atoms with van der Waals surface area (Å²) >= 11 is 0. The zero-order valence-electron chi connectivity index (χ0n) is 17.2. The van der Waals surface area contributed by atoms with Crippen molar-refractivity contribution < 1.29 is 13.9 Å². The molecule has 0 radical (unpaired) electrons. The number of nitrogens with zero attached hydrogens (tertiary/aromatic N) is 4. The molecule has 0 aliphatic heterocycles. The fraction of sp³-hybridized carbons (Fsp3) is 0.217. The molecule has 0 atom stereocenters. The van der Waals surface area contributed by atoms with E-state index in [2.05, 4.69) is 10.1 Å². The predicted octanol–water partition coefficient (Wildman–Crippen LogP) is 2.85. The number of carbonyl (C=O) groups excluding carboxylic acids is 1. The molecule has 0 spiro atoms. The number of esters is 1. The van der Waals surface area contributed by atoms with Crippen LogP contribution in [0.4, 0.5) is 4.39 Å². The molecule has 0 amide bonds. The van der Waals surface area contributed by atoms with Crippen LogP contribution >= 0.6 is 0 Å². The Bertz CT molecular complexity index is 1310. The molecular formula is C23H21FN4O3. The van der Waals surface area contributed by atoms with E-state index < -0.39 is 0 Å². The van der Waals surface area contributed by atoms with Crippen molar-refractivity contribution in [1.82, 2.24) is 19.3 Å². The van der Waals surface area contributed by atoms with Gasteiger partial charge in [0.05, 0.1) is 19.3 Å². The lowest BCUT2D eigenvalue weighted by molar-refractivity contribution is -0.141. The molecule has 0 saturated carbocycles. The van der Waals surface area contributed by atoms with Crippen LogP contribution in [0.15, 0.2) is 59.7 Å². The minimum atomic E-state index is -0.389. The first-order valence-corrected chi connectivity index (χ1v) is 9.76. The van der Waals surface area contributed by atoms with Crippen molar-refractivity contribution in [1.29, 1.82) is 0 Å². The highest BCUT2D eigenvalue weighted by Gasteiger charge is 2.18. The van der Waals surface area contributed by atoms with Crippen LogP contribution in [0, 0.1) is 12.7 Å². The lowest BCUT2D eigenvalue weighted by Crippen LogP contribution is -2.23. The average Bonchev–Trinajstić information content (AvgIpc) is 3.01. The van der Waals surface area contributed by atoms with Crippen LogP contribution in [0.1, 0.15) is 22.5 Å². The molecule has 0 fully saturated rings. The summed E-state index contributed by atoms with van der Waals surface area (Å²) in [6, 6.07) is 11.3. The first-order valence-electron chi connectivity index (χ1n) is 9.76. The highest BCUT2D eigenvalue weighted by atomic mass is 19.1. The number of ether oxygens (including phenoxy) is 1. The van der Waals surface area contributed by atoms with Crippen LogP contribution in [-0.2, 0) is 29.0 Å². The summed E-state index contributed by atoms with van der Waals surface area (Å²) in [7, 11) is 1.33. The molecule has 0 saturated heterocycles. The van der Waals surface area contributed by atoms with Gasteiger partial charge >= 0.3 is 5.97 Å². The Labute approximate surface area is 177 Å². The summed E-state index contributed by atoms with van der Waals surface area (Å²) in [5.74, 6) is -0.750. The minimum Gasteiger partial charge on any atom is -0.468 e. The molecule has 0 aliphatic carbocycles. The van der Waals surface area contributed by atoms with Crippen LogP contribution in [0.25, 0.3) is 10.9 Å². The van der Waals surface area contributed by atoms with E-state index in [1.54, 1.807) is 24.5 Å². The average molecular weight is 420 g/mol. The van der Waals surface area contributed by atoms with Gasteiger partial charge in [-0.3, -0.25) is 14.6 Å². The number of rotatable bonds is 6. The van der Waals surface area contributed by atoms with Gasteiger partial charge in [0.15, 0.2) is 0 Å². The molecule has 31 heavy (non-hydrogen) atoms. The van der Waals surface area contributed by atoms with Crippen LogP contribution in [-0.4, -0.2) is 32.4 Å². The summed E-state index contributed by atoms with van der Waals surface area (Å²) in [4.78, 5) is 28.2. The molecule has 0 N–H and O–H groups in total. The molecule has 4 rings (SSSR count). The van der Waals surface area contributed by atoms with Crippen molar-refractivity contribution in [2.24, 2.45) is 0 Å². The van der Waals surface area contributed by atoms with Crippen molar-refractivity contribution in [3.05, 3.63) is 93.5 Å². The smallest absolute Gasteiger partial charge is 0.325 e. The maximum Gasteiger partial charge on any atom is 0.325 e. The van der Waals surface area contributed by atoms with E-state index in [0.717, 1.165) is 22.3 Å². The van der Waals surface area contributed by atoms with Crippen LogP contribution in [0.3, 0.4) is 0 Å². The first-order chi connectivity index (χ1) is 15.0. The van der Waals surface area contributed by atoms with E-state index in [9.17, 15) is 14.0 Å². The number of pyridine rings is 1. The molecule has 8 heteroatoms. The molecule has 0 bridgehead atoms. The highest BCUT2D eigenvalue weighted by molar-refractivity contribution is 5.87. The van der Waals surface area contributed by atoms with Crippen molar-refractivity contribution in [2.75, 3.05) is 7.11 Å². The Morgan fingerprint density at radius 3 is 2.65 bits per heavy atom. The topological polar surface area (TPSA) is 79.0 Å². The molecule has 3 heterocycles. The standard InChI is InChI=1S/C23H21FN4O3/c1-15-19(20-11-17(24)3-5-21(20)27(15)14-23(30)31-2)12-18-4-6-22(29)28(26-18)13-16-7-9-25-10-8-16/h3-11H,12-14H2,1-2H3. The zero-order chi connectivity index (χ0) is 22.0. The second-order valence-electron chi connectivity index (χ2n) is 7.24. The van der Waals surface area contributed by atoms with Gasteiger partial charge in [0, 0.05) is 41.5 Å². The van der Waals surface area contributed by atoms with Crippen LogP contribution < -0.4 is 5.56 Å². The Hall–Kier alpha value is -3.81. The molecule has 4 aromatic rings. The third kappa shape index (κ3) is 4.23. The van der Waals surface area contributed by atoms with Gasteiger partial charge in [-0.05, 0) is 54.4 Å². The summed E-state index contributed by atoms with van der Waals surface area (Å²) in [5.41, 5.74) is 3.77. The van der Waals surface area contributed by atoms with E-state index in [0.29, 0.717) is 24.0 Å². The van der Waals surface area contributed by atoms with Crippen LogP contribution in [0.5, 0.6) is 0 Å². The van der Waals surface area contributed by atoms with Crippen LogP contribution in [0.2, 0.25) is 0 Å². The molecule has 7 nitrogen and oxygen atoms in total. The maximum absolute atomic E-state index is 14.0. The third-order valence-electron chi connectivity index (χ3n) is 5.29. The van der Waals surface area contributed by atoms with E-state index in [-0.39, 0.29) is 23.9 Å². The number of carbonyl (C=O) groups is 1. The van der Waals surface area contributed by atoms with Crippen molar-refractivity contribution >= 4 is 16.9 Å². The fourth-order valence-corrected chi connectivity index (χ4v) is 3.69. The van der Waals surface area contributed by atoms with Crippen molar-refractivity contribution in [2.45, 2.75) is 26.4 Å². The number of benzene rings is 1. The summed E-state index contributed by atoms with van der Waals surface area (Å²) in [6.07, 6.45) is 3.72. The molecular weight excluding hydrogens is 399 g/mol. The molecule has 3 aromatic heterocycles. The van der Waals surface area contributed by atoms with Gasteiger partial charge in [0.1, 0.15) is 12.4 Å². The van der Waals surface area contributed by atoms with Gasteiger partial charge in [0.25, 0.3) is 5.56 Å². The number of halogens is 1. The molecule has 1 aromatic carbocycles. The SMILES string of the molecule is COC(=O)Cn1c(C)c(Cc2ccc(=O)n(Cc3ccncc3)n2)c2cc(F)ccc21. The molecule has 0 aliphatic rings. The number of fused-ring (bicyclic) bond motifs is 1. The summed E-state index contributed by atoms with van der Waals surface area (Å²) < 4.78 is 22.0. The Morgan fingerprint density at radius 2 is 1.90 bits per heavy atom. The van der Waals surface area contributed by atoms with Gasteiger partial charge in [-0.25, -0.2) is 9.07 Å². The lowest BCUT2D eigenvalue weighted by atomic mass is 10.1. The predicted molar refractivity (Wildman–Crippen MR) is 113 cm³/mol. The third-order valence-corrected chi connectivity index (χ3v) is 5.29. The second-order valence-corrected chi connectivity index (χ2v) is 7.24. The van der Waals surface area contributed by atoms with Crippen molar-refractivity contribution in [3.63, 3.8) is 0 Å². The first kappa shape index (κ1) is 20.5. The Kier molecular flexibility index (Phi) is 5.62. The number of methoxy groups -OCH3 is 1. The van der Waals surface area contributed by atoms with Gasteiger partial charge in [-0.1, -0.05) is 0 Å². The largest absolute Gasteiger partial charge is 0.468 e. The summed E-state index contributed by atoms with van der Waals surface area (Å²) in [5, 5.41) is 5.21. The minimum absolute atomic E-state index is 0.0272. The van der Waals surface area contributed by atoms with E-state index in [4.69, 9.17) is 4.74 Å². The molecule has 158 valence electrons. The second kappa shape index (κ2) is 8.51. The normalized spacial score (nSPS) is 11.1. The van der Waals surface area contributed by atoms with Gasteiger partial charge in [-0.2, -0.15) is 5.10 Å². The van der Waals surface area contributed by atoms with Gasteiger partial charge < -0.3 is 9.30 Å². The number of hydrogen-bond acceptors (Lipinski definition) is 5. The number of aromatic nitrogens is 4. The Morgan fingerprint density at radius 1 is 1.13 bits per heavy atom. The van der Waals surface area contributed by atoms with Gasteiger partial charge in [0.2, 0.25) is 0 Å². The highest BCUT2D eigenvalue weighted by Crippen LogP contribution is 2.28. The number of hydrogen-bond donors (Lipinski definition) is 0. The fourth-order valence-electron chi connectivity index (χ4n) is 3.69. The summed E-state index contributed by atoms with van der Waals surface area (Å²) in [6.45, 7) is 2.23. The quantitative estimate of drug-likeness (QED) is 0.448. The maximum atomic E-state index is 14.0. The zero-order valence-corrected chi connectivity index (χ0v) is 17.2. The van der Waals surface area contributed by atoms with E-state index in [1.165, 1.54) is 30.0 Å². The van der Waals surface area contributed by atoms with E-state index in [1.807, 2.05) is 23.6 Å². The molecule has 0 unspecified atom stereocenters. The van der Waals surface area contributed by atoms with Crippen molar-refractivity contribution in [3.8, 4) is 0 Å². The lowest BCUT2D eigenvalue weighted by Gasteiger charge is -2.09. The monoisotopic (exact) mass is 420 g/mol. The van der Waals surface area contributed by atoms with Gasteiger partial charge in [-0.15, -0.1) is 0 Å².